The van der Waals surface area contributed by atoms with Gasteiger partial charge in [0.05, 0.1) is 17.1 Å². The van der Waals surface area contributed by atoms with Crippen LogP contribution < -0.4 is 4.74 Å². The number of carbonyl (C=O) groups excluding carboxylic acids is 1. The van der Waals surface area contributed by atoms with E-state index in [-0.39, 0.29) is 12.0 Å². The summed E-state index contributed by atoms with van der Waals surface area (Å²) in [7, 11) is 0. The molecular weight excluding hydrogens is 390 g/mol. The maximum absolute atomic E-state index is 13.3. The molecule has 7 nitrogen and oxygen atoms in total. The van der Waals surface area contributed by atoms with Gasteiger partial charge in [-0.05, 0) is 43.5 Å². The normalized spacial score (nSPS) is 16.5. The Balaban J connectivity index is 1.55. The molecule has 8 heteroatoms. The lowest BCUT2D eigenvalue weighted by Gasteiger charge is -2.33. The second-order valence-electron chi connectivity index (χ2n) is 6.93. The Labute approximate surface area is 173 Å². The fourth-order valence-corrected chi connectivity index (χ4v) is 3.44. The first-order chi connectivity index (χ1) is 14.1. The summed E-state index contributed by atoms with van der Waals surface area (Å²) in [6.07, 6.45) is 8.12. The largest absolute Gasteiger partial charge is 0.472 e. The van der Waals surface area contributed by atoms with Crippen molar-refractivity contribution in [2.24, 2.45) is 0 Å². The van der Waals surface area contributed by atoms with Crippen LogP contribution in [0.4, 0.5) is 0 Å². The maximum atomic E-state index is 13.3. The number of ether oxygens (including phenoxy) is 1. The van der Waals surface area contributed by atoms with Crippen molar-refractivity contribution < 1.29 is 9.53 Å². The summed E-state index contributed by atoms with van der Waals surface area (Å²) < 4.78 is 5.96. The van der Waals surface area contributed by atoms with Crippen LogP contribution in [-0.4, -0.2) is 49.9 Å². The van der Waals surface area contributed by atoms with Crippen molar-refractivity contribution in [2.45, 2.75) is 25.9 Å². The molecule has 3 aromatic rings. The number of hydrogen-bond donors (Lipinski definition) is 0. The molecule has 3 aromatic heterocycles. The van der Waals surface area contributed by atoms with Gasteiger partial charge in [0.1, 0.15) is 11.8 Å². The molecule has 0 bridgehead atoms. The number of halogens is 1. The van der Waals surface area contributed by atoms with Crippen LogP contribution in [0.2, 0.25) is 5.02 Å². The van der Waals surface area contributed by atoms with Crippen LogP contribution in [0.3, 0.4) is 0 Å². The van der Waals surface area contributed by atoms with Crippen molar-refractivity contribution >= 4 is 17.5 Å². The van der Waals surface area contributed by atoms with Gasteiger partial charge in [-0.3, -0.25) is 9.78 Å². The van der Waals surface area contributed by atoms with E-state index in [9.17, 15) is 4.79 Å². The molecule has 1 atom stereocenters. The number of aromatic nitrogens is 4. The molecule has 4 rings (SSSR count). The topological polar surface area (TPSA) is 81.1 Å². The van der Waals surface area contributed by atoms with Gasteiger partial charge in [0.25, 0.3) is 5.91 Å². The van der Waals surface area contributed by atoms with E-state index in [1.807, 2.05) is 13.0 Å². The molecule has 1 saturated heterocycles. The van der Waals surface area contributed by atoms with Crippen LogP contribution in [0.5, 0.6) is 5.88 Å². The quantitative estimate of drug-likeness (QED) is 0.655. The summed E-state index contributed by atoms with van der Waals surface area (Å²) in [6.45, 7) is 3.05. The zero-order valence-electron chi connectivity index (χ0n) is 16.0. The minimum atomic E-state index is -0.129. The summed E-state index contributed by atoms with van der Waals surface area (Å²) >= 11 is 5.88. The van der Waals surface area contributed by atoms with Crippen molar-refractivity contribution in [2.75, 3.05) is 13.1 Å². The van der Waals surface area contributed by atoms with E-state index in [2.05, 4.69) is 19.9 Å². The Morgan fingerprint density at radius 3 is 2.76 bits per heavy atom. The molecule has 1 fully saturated rings. The molecule has 0 radical (unpaired) electrons. The Hall–Kier alpha value is -3.06. The Kier molecular flexibility index (Phi) is 5.67. The first kappa shape index (κ1) is 19.3. The molecule has 1 aliphatic rings. The third-order valence-electron chi connectivity index (χ3n) is 4.69. The van der Waals surface area contributed by atoms with Gasteiger partial charge < -0.3 is 9.64 Å². The summed E-state index contributed by atoms with van der Waals surface area (Å²) in [5.41, 5.74) is 1.90. The zero-order valence-corrected chi connectivity index (χ0v) is 16.7. The molecule has 1 aliphatic heterocycles. The molecule has 29 heavy (non-hydrogen) atoms. The molecule has 148 valence electrons. The van der Waals surface area contributed by atoms with Gasteiger partial charge in [-0.1, -0.05) is 11.6 Å². The van der Waals surface area contributed by atoms with Crippen LogP contribution in [0.15, 0.2) is 49.1 Å². The van der Waals surface area contributed by atoms with E-state index in [0.717, 1.165) is 18.4 Å². The molecular formula is C21H20ClN5O2. The van der Waals surface area contributed by atoms with E-state index in [1.165, 1.54) is 0 Å². The van der Waals surface area contributed by atoms with E-state index < -0.39 is 0 Å². The van der Waals surface area contributed by atoms with Gasteiger partial charge in [0.2, 0.25) is 5.88 Å². The first-order valence-electron chi connectivity index (χ1n) is 9.41. The van der Waals surface area contributed by atoms with Gasteiger partial charge in [0.15, 0.2) is 5.82 Å². The van der Waals surface area contributed by atoms with Crippen LogP contribution in [-0.2, 0) is 0 Å². The van der Waals surface area contributed by atoms with E-state index in [1.54, 1.807) is 47.9 Å². The second-order valence-corrected chi connectivity index (χ2v) is 7.37. The van der Waals surface area contributed by atoms with Crippen molar-refractivity contribution in [1.82, 2.24) is 24.8 Å². The van der Waals surface area contributed by atoms with E-state index >= 15 is 0 Å². The Morgan fingerprint density at radius 1 is 1.17 bits per heavy atom. The molecule has 1 unspecified atom stereocenters. The number of carbonyl (C=O) groups is 1. The van der Waals surface area contributed by atoms with Gasteiger partial charge in [-0.2, -0.15) is 0 Å². The van der Waals surface area contributed by atoms with Crippen LogP contribution in [0, 0.1) is 6.92 Å². The standard InChI is InChI=1S/C21H20ClN5O2/c1-14-10-17(19(26-11-14)20-23-7-3-8-24-20)21(28)27-9-2-4-16(13-27)29-18-6-5-15(22)12-25-18/h3,5-8,10-12,16H,2,4,9,13H2,1H3. The van der Waals surface area contributed by atoms with E-state index in [4.69, 9.17) is 16.3 Å². The lowest BCUT2D eigenvalue weighted by atomic mass is 10.0. The smallest absolute Gasteiger partial charge is 0.256 e. The van der Waals surface area contributed by atoms with Crippen molar-refractivity contribution in [3.05, 3.63) is 65.2 Å². The molecule has 0 aromatic carbocycles. The first-order valence-corrected chi connectivity index (χ1v) is 9.79. The van der Waals surface area contributed by atoms with Crippen LogP contribution in [0.1, 0.15) is 28.8 Å². The highest BCUT2D eigenvalue weighted by atomic mass is 35.5. The predicted molar refractivity (Wildman–Crippen MR) is 109 cm³/mol. The summed E-state index contributed by atoms with van der Waals surface area (Å²) in [6, 6.07) is 7.04. The molecule has 0 aliphatic carbocycles. The molecule has 1 amide bonds. The van der Waals surface area contributed by atoms with Crippen LogP contribution >= 0.6 is 11.6 Å². The molecule has 0 spiro atoms. The number of piperidine rings is 1. The highest BCUT2D eigenvalue weighted by molar-refractivity contribution is 6.30. The van der Waals surface area contributed by atoms with Crippen molar-refractivity contribution in [3.63, 3.8) is 0 Å². The SMILES string of the molecule is Cc1cnc(-c2ncccn2)c(C(=O)N2CCCC(Oc3ccc(Cl)cn3)C2)c1. The molecule has 0 N–H and O–H groups in total. The van der Waals surface area contributed by atoms with Gasteiger partial charge in [-0.25, -0.2) is 15.0 Å². The predicted octanol–water partition coefficient (Wildman–Crippen LogP) is 3.58. The number of hydrogen-bond acceptors (Lipinski definition) is 6. The number of likely N-dealkylation sites (tertiary alicyclic amines) is 1. The second kappa shape index (κ2) is 8.53. The van der Waals surface area contributed by atoms with Crippen molar-refractivity contribution in [3.8, 4) is 17.4 Å². The maximum Gasteiger partial charge on any atom is 0.256 e. The monoisotopic (exact) mass is 409 g/mol. The van der Waals surface area contributed by atoms with Crippen molar-refractivity contribution in [1.29, 1.82) is 0 Å². The average molecular weight is 410 g/mol. The summed E-state index contributed by atoms with van der Waals surface area (Å²) in [5.74, 6) is 0.844. The van der Waals surface area contributed by atoms with E-state index in [0.29, 0.717) is 41.1 Å². The highest BCUT2D eigenvalue weighted by Gasteiger charge is 2.28. The Bertz CT molecular complexity index is 998. The minimum Gasteiger partial charge on any atom is -0.472 e. The number of pyridine rings is 2. The number of amides is 1. The summed E-state index contributed by atoms with van der Waals surface area (Å²) in [5, 5.41) is 0.556. The lowest BCUT2D eigenvalue weighted by Crippen LogP contribution is -2.44. The van der Waals surface area contributed by atoms with Crippen LogP contribution in [0.25, 0.3) is 11.5 Å². The van der Waals surface area contributed by atoms with Gasteiger partial charge in [0, 0.05) is 37.4 Å². The van der Waals surface area contributed by atoms with Gasteiger partial charge >= 0.3 is 0 Å². The fourth-order valence-electron chi connectivity index (χ4n) is 3.32. The highest BCUT2D eigenvalue weighted by Crippen LogP contribution is 2.23. The number of rotatable bonds is 4. The third-order valence-corrected chi connectivity index (χ3v) is 4.91. The fraction of sp³-hybridized carbons (Fsp3) is 0.286. The molecule has 0 saturated carbocycles. The number of nitrogens with zero attached hydrogens (tertiary/aromatic N) is 5. The lowest BCUT2D eigenvalue weighted by molar-refractivity contribution is 0.0528. The Morgan fingerprint density at radius 2 is 2.00 bits per heavy atom. The minimum absolute atomic E-state index is 0.0963. The zero-order chi connectivity index (χ0) is 20.2. The summed E-state index contributed by atoms with van der Waals surface area (Å²) in [4.78, 5) is 32.3. The average Bonchev–Trinajstić information content (AvgIpc) is 2.75. The third kappa shape index (κ3) is 4.51. The number of aryl methyl sites for hydroxylation is 1. The molecule has 4 heterocycles. The van der Waals surface area contributed by atoms with Gasteiger partial charge in [-0.15, -0.1) is 0 Å².